The van der Waals surface area contributed by atoms with Crippen molar-refractivity contribution < 1.29 is 26.2 Å². The van der Waals surface area contributed by atoms with Gasteiger partial charge in [0.2, 0.25) is 0 Å². The second-order valence-corrected chi connectivity index (χ2v) is 7.24. The first kappa shape index (κ1) is 20.9. The zero-order chi connectivity index (χ0) is 19.6. The number of benzene rings is 2. The van der Waals surface area contributed by atoms with Crippen LogP contribution in [0.1, 0.15) is 25.0 Å². The summed E-state index contributed by atoms with van der Waals surface area (Å²) in [6.07, 6.45) is 1.77. The van der Waals surface area contributed by atoms with E-state index in [1.54, 1.807) is 12.3 Å². The molecule has 29 heavy (non-hydrogen) atoms. The first-order valence-corrected chi connectivity index (χ1v) is 9.26. The van der Waals surface area contributed by atoms with E-state index in [4.69, 9.17) is 4.98 Å². The number of aromatic nitrogens is 2. The molecule has 4 aromatic rings. The molecule has 4 heteroatoms. The molecule has 148 valence electrons. The summed E-state index contributed by atoms with van der Waals surface area (Å²) in [6, 6.07) is 28.8. The molecule has 0 aliphatic carbocycles. The van der Waals surface area contributed by atoms with Gasteiger partial charge in [-0.25, -0.2) is 0 Å². The van der Waals surface area contributed by atoms with E-state index in [-0.39, 0.29) is 26.5 Å². The van der Waals surface area contributed by atoms with Gasteiger partial charge in [0.15, 0.2) is 0 Å². The number of pyridine rings is 2. The maximum Gasteiger partial charge on any atom is 0.119 e. The zero-order valence-electron chi connectivity index (χ0n) is 16.2. The molecule has 1 N–H and O–H groups in total. The number of hydrogen-bond acceptors (Lipinski definition) is 3. The SMILES string of the molecule is CC(C)(c1[c-]c(-c2cccc(-c3ccccn3)n2)ccc1)c1ccccc1O.[Pt]. The second kappa shape index (κ2) is 8.71. The van der Waals surface area contributed by atoms with Crippen molar-refractivity contribution in [2.75, 3.05) is 0 Å². The van der Waals surface area contributed by atoms with Crippen LogP contribution in [-0.4, -0.2) is 15.1 Å². The van der Waals surface area contributed by atoms with Gasteiger partial charge in [-0.2, -0.15) is 0 Å². The van der Waals surface area contributed by atoms with E-state index in [1.807, 2.05) is 72.8 Å². The Bertz CT molecular complexity index is 1110. The van der Waals surface area contributed by atoms with Crippen LogP contribution < -0.4 is 0 Å². The van der Waals surface area contributed by atoms with Gasteiger partial charge in [-0.3, -0.25) is 9.97 Å². The normalized spacial score (nSPS) is 11.0. The number of phenols is 1. The Hall–Kier alpha value is -2.77. The van der Waals surface area contributed by atoms with Crippen molar-refractivity contribution >= 4 is 0 Å². The summed E-state index contributed by atoms with van der Waals surface area (Å²) in [4.78, 5) is 9.17. The van der Waals surface area contributed by atoms with Crippen molar-refractivity contribution in [3.05, 3.63) is 102 Å². The fraction of sp³-hybridized carbons (Fsp3) is 0.120. The Morgan fingerprint density at radius 1 is 0.759 bits per heavy atom. The smallest absolute Gasteiger partial charge is 0.119 e. The van der Waals surface area contributed by atoms with Crippen LogP contribution in [0.5, 0.6) is 5.75 Å². The van der Waals surface area contributed by atoms with Crippen molar-refractivity contribution in [2.45, 2.75) is 19.3 Å². The third-order valence-electron chi connectivity index (χ3n) is 5.00. The van der Waals surface area contributed by atoms with E-state index in [1.165, 1.54) is 0 Å². The minimum Gasteiger partial charge on any atom is -0.508 e. The maximum atomic E-state index is 10.3. The minimum atomic E-state index is -0.389. The molecule has 0 aliphatic heterocycles. The van der Waals surface area contributed by atoms with Gasteiger partial charge in [0, 0.05) is 38.2 Å². The molecule has 0 fully saturated rings. The van der Waals surface area contributed by atoms with Gasteiger partial charge in [0.05, 0.1) is 11.4 Å². The fourth-order valence-corrected chi connectivity index (χ4v) is 3.37. The van der Waals surface area contributed by atoms with Crippen LogP contribution in [0.3, 0.4) is 0 Å². The molecule has 0 spiro atoms. The molecular weight excluding hydrogens is 539 g/mol. The summed E-state index contributed by atoms with van der Waals surface area (Å²) in [5, 5.41) is 10.3. The predicted octanol–water partition coefficient (Wildman–Crippen LogP) is 5.64. The third-order valence-corrected chi connectivity index (χ3v) is 5.00. The predicted molar refractivity (Wildman–Crippen MR) is 112 cm³/mol. The van der Waals surface area contributed by atoms with Gasteiger partial charge >= 0.3 is 0 Å². The number of aromatic hydroxyl groups is 1. The van der Waals surface area contributed by atoms with Crippen molar-refractivity contribution in [1.82, 2.24) is 9.97 Å². The zero-order valence-corrected chi connectivity index (χ0v) is 18.5. The average molecular weight is 561 g/mol. The van der Waals surface area contributed by atoms with Gasteiger partial charge in [-0.05, 0) is 30.0 Å². The summed E-state index contributed by atoms with van der Waals surface area (Å²) in [7, 11) is 0. The Morgan fingerprint density at radius 2 is 1.45 bits per heavy atom. The number of hydrogen-bond donors (Lipinski definition) is 1. The molecule has 2 aromatic carbocycles. The molecule has 0 saturated carbocycles. The Balaban J connectivity index is 0.00000240. The van der Waals surface area contributed by atoms with Crippen molar-refractivity contribution in [2.24, 2.45) is 0 Å². The van der Waals surface area contributed by atoms with Gasteiger partial charge in [-0.1, -0.05) is 50.2 Å². The minimum absolute atomic E-state index is 0. The number of phenolic OH excluding ortho intramolecular Hbond substituents is 1. The summed E-state index contributed by atoms with van der Waals surface area (Å²) < 4.78 is 0. The monoisotopic (exact) mass is 560 g/mol. The van der Waals surface area contributed by atoms with Crippen molar-refractivity contribution in [3.63, 3.8) is 0 Å². The van der Waals surface area contributed by atoms with Crippen LogP contribution in [0.2, 0.25) is 0 Å². The van der Waals surface area contributed by atoms with Gasteiger partial charge in [0.25, 0.3) is 0 Å². The van der Waals surface area contributed by atoms with E-state index in [0.717, 1.165) is 33.8 Å². The topological polar surface area (TPSA) is 46.0 Å². The molecule has 2 aromatic heterocycles. The number of nitrogens with zero attached hydrogens (tertiary/aromatic N) is 2. The van der Waals surface area contributed by atoms with Crippen molar-refractivity contribution in [1.29, 1.82) is 0 Å². The summed E-state index contributed by atoms with van der Waals surface area (Å²) in [6.45, 7) is 4.19. The molecule has 4 rings (SSSR count). The van der Waals surface area contributed by atoms with Crippen LogP contribution in [0.25, 0.3) is 22.6 Å². The Morgan fingerprint density at radius 3 is 2.21 bits per heavy atom. The summed E-state index contributed by atoms with van der Waals surface area (Å²) in [5.74, 6) is 0.293. The third kappa shape index (κ3) is 4.31. The van der Waals surface area contributed by atoms with E-state index in [2.05, 4.69) is 24.9 Å². The quantitative estimate of drug-likeness (QED) is 0.329. The van der Waals surface area contributed by atoms with Gasteiger partial charge in [0.1, 0.15) is 5.75 Å². The largest absolute Gasteiger partial charge is 0.508 e. The summed E-state index contributed by atoms with van der Waals surface area (Å²) in [5.41, 5.74) is 4.92. The Kier molecular flexibility index (Phi) is 6.29. The molecule has 3 nitrogen and oxygen atoms in total. The van der Waals surface area contributed by atoms with Crippen LogP contribution in [-0.2, 0) is 26.5 Å². The molecule has 0 bridgehead atoms. The van der Waals surface area contributed by atoms with E-state index in [0.29, 0.717) is 5.75 Å². The van der Waals surface area contributed by atoms with Crippen LogP contribution >= 0.6 is 0 Å². The molecule has 0 unspecified atom stereocenters. The molecule has 2 heterocycles. The Labute approximate surface area is 185 Å². The standard InChI is InChI=1S/C25H21N2O.Pt/c1-25(2,20-11-3-4-15-24(20)28)19-10-7-9-18(17-19)21-13-8-14-23(27-21)22-12-5-6-16-26-22;/h3-16,28H,1-2H3;/q-1;. The maximum absolute atomic E-state index is 10.3. The van der Waals surface area contributed by atoms with Crippen molar-refractivity contribution in [3.8, 4) is 28.4 Å². The molecule has 0 atom stereocenters. The molecule has 0 amide bonds. The molecule has 0 aliphatic rings. The fourth-order valence-electron chi connectivity index (χ4n) is 3.37. The number of para-hydroxylation sites is 1. The first-order chi connectivity index (χ1) is 13.6. The average Bonchev–Trinajstić information content (AvgIpc) is 2.75. The van der Waals surface area contributed by atoms with Gasteiger partial charge < -0.3 is 5.11 Å². The molecule has 0 saturated heterocycles. The first-order valence-electron chi connectivity index (χ1n) is 9.26. The molecule has 0 radical (unpaired) electrons. The van der Waals surface area contributed by atoms with Crippen LogP contribution in [0.4, 0.5) is 0 Å². The number of rotatable bonds is 4. The van der Waals surface area contributed by atoms with Gasteiger partial charge in [-0.15, -0.1) is 35.4 Å². The van der Waals surface area contributed by atoms with E-state index in [9.17, 15) is 5.11 Å². The molecular formula is C25H21N2OPt-. The van der Waals surface area contributed by atoms with Crippen LogP contribution in [0.15, 0.2) is 85.1 Å². The second-order valence-electron chi connectivity index (χ2n) is 7.24. The van der Waals surface area contributed by atoms with Crippen LogP contribution in [0, 0.1) is 6.07 Å². The van der Waals surface area contributed by atoms with E-state index >= 15 is 0 Å². The summed E-state index contributed by atoms with van der Waals surface area (Å²) >= 11 is 0. The van der Waals surface area contributed by atoms with E-state index < -0.39 is 0 Å².